The highest BCUT2D eigenvalue weighted by Gasteiger charge is 2.37. The number of halogens is 1. The van der Waals surface area contributed by atoms with Gasteiger partial charge in [-0.15, -0.1) is 0 Å². The SMILES string of the molecule is Cn1ncc(Cl)c1S(=O)(=O)N1CCC[C@H]1CO. The van der Waals surface area contributed by atoms with Crippen LogP contribution >= 0.6 is 11.6 Å². The first kappa shape index (κ1) is 12.8. The minimum absolute atomic E-state index is 0.0143. The molecular formula is C9H14ClN3O3S. The van der Waals surface area contributed by atoms with Crippen molar-refractivity contribution in [2.45, 2.75) is 23.9 Å². The molecule has 8 heteroatoms. The molecule has 1 N–H and O–H groups in total. The molecule has 1 aliphatic rings. The lowest BCUT2D eigenvalue weighted by molar-refractivity contribution is 0.213. The Balaban J connectivity index is 2.43. The predicted molar refractivity (Wildman–Crippen MR) is 62.2 cm³/mol. The number of hydrogen-bond donors (Lipinski definition) is 1. The second-order valence-electron chi connectivity index (χ2n) is 4.02. The molecule has 1 aliphatic heterocycles. The van der Waals surface area contributed by atoms with Crippen LogP contribution in [-0.4, -0.2) is 46.8 Å². The lowest BCUT2D eigenvalue weighted by atomic mass is 10.2. The molecule has 1 aromatic rings. The molecule has 17 heavy (non-hydrogen) atoms. The quantitative estimate of drug-likeness (QED) is 0.859. The normalized spacial score (nSPS) is 22.2. The molecule has 1 aromatic heterocycles. The third kappa shape index (κ3) is 2.08. The summed E-state index contributed by atoms with van der Waals surface area (Å²) in [5.74, 6) is 0. The van der Waals surface area contributed by atoms with Crippen LogP contribution in [0.5, 0.6) is 0 Å². The average Bonchev–Trinajstić information content (AvgIpc) is 2.85. The van der Waals surface area contributed by atoms with Gasteiger partial charge in [-0.2, -0.15) is 9.40 Å². The van der Waals surface area contributed by atoms with Crippen molar-refractivity contribution in [3.63, 3.8) is 0 Å². The van der Waals surface area contributed by atoms with Gasteiger partial charge in [0.1, 0.15) is 0 Å². The minimum Gasteiger partial charge on any atom is -0.395 e. The summed E-state index contributed by atoms with van der Waals surface area (Å²) in [6, 6.07) is -0.356. The van der Waals surface area contributed by atoms with Gasteiger partial charge >= 0.3 is 0 Å². The maximum Gasteiger partial charge on any atom is 0.262 e. The first-order chi connectivity index (χ1) is 7.98. The van der Waals surface area contributed by atoms with Gasteiger partial charge in [0.05, 0.1) is 17.8 Å². The van der Waals surface area contributed by atoms with Crippen LogP contribution in [0.25, 0.3) is 0 Å². The summed E-state index contributed by atoms with van der Waals surface area (Å²) in [4.78, 5) is 0. The standard InChI is InChI=1S/C9H14ClN3O3S/c1-12-9(8(10)5-11-12)17(15,16)13-4-2-3-7(13)6-14/h5,7,14H,2-4,6H2,1H3/t7-/m0/s1. The summed E-state index contributed by atoms with van der Waals surface area (Å²) in [6.45, 7) is 0.240. The van der Waals surface area contributed by atoms with E-state index in [2.05, 4.69) is 5.10 Å². The van der Waals surface area contributed by atoms with Crippen LogP contribution in [0.2, 0.25) is 5.02 Å². The molecule has 2 rings (SSSR count). The molecule has 96 valence electrons. The van der Waals surface area contributed by atoms with Crippen molar-refractivity contribution < 1.29 is 13.5 Å². The third-order valence-corrected chi connectivity index (χ3v) is 5.39. The van der Waals surface area contributed by atoms with Crippen LogP contribution in [0, 0.1) is 0 Å². The first-order valence-electron chi connectivity index (χ1n) is 5.28. The summed E-state index contributed by atoms with van der Waals surface area (Å²) < 4.78 is 27.3. The van der Waals surface area contributed by atoms with Gasteiger partial charge in [0.25, 0.3) is 10.0 Å². The number of rotatable bonds is 3. The number of hydrogen-bond acceptors (Lipinski definition) is 4. The highest BCUT2D eigenvalue weighted by molar-refractivity contribution is 7.89. The lowest BCUT2D eigenvalue weighted by Crippen LogP contribution is -2.38. The number of aromatic nitrogens is 2. The molecular weight excluding hydrogens is 266 g/mol. The molecule has 0 spiro atoms. The molecule has 1 atom stereocenters. The summed E-state index contributed by atoms with van der Waals surface area (Å²) in [6.07, 6.45) is 2.73. The molecule has 1 fully saturated rings. The Morgan fingerprint density at radius 3 is 2.88 bits per heavy atom. The van der Waals surface area contributed by atoms with Crippen molar-refractivity contribution in [2.75, 3.05) is 13.2 Å². The van der Waals surface area contributed by atoms with E-state index in [9.17, 15) is 13.5 Å². The molecule has 0 bridgehead atoms. The van der Waals surface area contributed by atoms with E-state index in [-0.39, 0.29) is 22.7 Å². The molecule has 0 radical (unpaired) electrons. The number of aliphatic hydroxyl groups is 1. The van der Waals surface area contributed by atoms with Crippen LogP contribution in [-0.2, 0) is 17.1 Å². The molecule has 1 saturated heterocycles. The molecule has 0 aromatic carbocycles. The molecule has 0 unspecified atom stereocenters. The van der Waals surface area contributed by atoms with Gasteiger partial charge in [0.15, 0.2) is 5.03 Å². The van der Waals surface area contributed by atoms with Crippen molar-refractivity contribution in [1.82, 2.24) is 14.1 Å². The number of sulfonamides is 1. The van der Waals surface area contributed by atoms with E-state index in [4.69, 9.17) is 11.6 Å². The van der Waals surface area contributed by atoms with Gasteiger partial charge in [-0.3, -0.25) is 4.68 Å². The molecule has 0 amide bonds. The summed E-state index contributed by atoms with van der Waals surface area (Å²) >= 11 is 5.85. The monoisotopic (exact) mass is 279 g/mol. The summed E-state index contributed by atoms with van der Waals surface area (Å²) in [7, 11) is -2.15. The van der Waals surface area contributed by atoms with Crippen LogP contribution < -0.4 is 0 Å². The maximum absolute atomic E-state index is 12.4. The molecule has 0 saturated carbocycles. The smallest absolute Gasteiger partial charge is 0.262 e. The number of nitrogens with zero attached hydrogens (tertiary/aromatic N) is 3. The average molecular weight is 280 g/mol. The zero-order valence-electron chi connectivity index (χ0n) is 9.37. The Hall–Kier alpha value is -0.630. The van der Waals surface area contributed by atoms with Crippen molar-refractivity contribution in [2.24, 2.45) is 7.05 Å². The largest absolute Gasteiger partial charge is 0.395 e. The fraction of sp³-hybridized carbons (Fsp3) is 0.667. The Kier molecular flexibility index (Phi) is 3.44. The molecule has 6 nitrogen and oxygen atoms in total. The van der Waals surface area contributed by atoms with Crippen molar-refractivity contribution in [3.8, 4) is 0 Å². The van der Waals surface area contributed by atoms with E-state index in [1.807, 2.05) is 0 Å². The van der Waals surface area contributed by atoms with Gasteiger partial charge < -0.3 is 5.11 Å². The van der Waals surface area contributed by atoms with Gasteiger partial charge in [-0.1, -0.05) is 11.6 Å². The van der Waals surface area contributed by atoms with Gasteiger partial charge in [-0.25, -0.2) is 8.42 Å². The van der Waals surface area contributed by atoms with E-state index < -0.39 is 10.0 Å². The number of aryl methyl sites for hydroxylation is 1. The van der Waals surface area contributed by atoms with E-state index in [1.54, 1.807) is 0 Å². The van der Waals surface area contributed by atoms with E-state index in [0.717, 1.165) is 6.42 Å². The summed E-state index contributed by atoms with van der Waals surface area (Å²) in [5.41, 5.74) is 0. The van der Waals surface area contributed by atoms with Crippen LogP contribution in [0.1, 0.15) is 12.8 Å². The highest BCUT2D eigenvalue weighted by Crippen LogP contribution is 2.29. The third-order valence-electron chi connectivity index (χ3n) is 2.93. The van der Waals surface area contributed by atoms with Gasteiger partial charge in [0.2, 0.25) is 0 Å². The minimum atomic E-state index is -3.68. The lowest BCUT2D eigenvalue weighted by Gasteiger charge is -2.22. The van der Waals surface area contributed by atoms with Crippen molar-refractivity contribution in [1.29, 1.82) is 0 Å². The predicted octanol–water partition coefficient (Wildman–Crippen LogP) is 0.219. The second-order valence-corrected chi connectivity index (χ2v) is 6.23. The zero-order chi connectivity index (χ0) is 12.6. The zero-order valence-corrected chi connectivity index (χ0v) is 10.9. The van der Waals surface area contributed by atoms with E-state index >= 15 is 0 Å². The maximum atomic E-state index is 12.4. The second kappa shape index (κ2) is 4.56. The van der Waals surface area contributed by atoms with Crippen LogP contribution in [0.4, 0.5) is 0 Å². The fourth-order valence-electron chi connectivity index (χ4n) is 2.11. The van der Waals surface area contributed by atoms with Crippen molar-refractivity contribution >= 4 is 21.6 Å². The van der Waals surface area contributed by atoms with E-state index in [1.165, 1.54) is 22.2 Å². The van der Waals surface area contributed by atoms with Gasteiger partial charge in [0, 0.05) is 19.6 Å². The first-order valence-corrected chi connectivity index (χ1v) is 7.10. The Labute approximate surface area is 105 Å². The molecule has 0 aliphatic carbocycles. The highest BCUT2D eigenvalue weighted by atomic mass is 35.5. The number of aliphatic hydroxyl groups excluding tert-OH is 1. The topological polar surface area (TPSA) is 75.4 Å². The summed E-state index contributed by atoms with van der Waals surface area (Å²) in [5, 5.41) is 13.1. The van der Waals surface area contributed by atoms with Crippen LogP contribution in [0.3, 0.4) is 0 Å². The van der Waals surface area contributed by atoms with Gasteiger partial charge in [-0.05, 0) is 12.8 Å². The van der Waals surface area contributed by atoms with Crippen LogP contribution in [0.15, 0.2) is 11.2 Å². The Morgan fingerprint density at radius 2 is 2.35 bits per heavy atom. The van der Waals surface area contributed by atoms with Crippen molar-refractivity contribution in [3.05, 3.63) is 11.2 Å². The Bertz CT molecular complexity index is 494. The van der Waals surface area contributed by atoms with E-state index in [0.29, 0.717) is 13.0 Å². The molecule has 2 heterocycles. The fourth-order valence-corrected chi connectivity index (χ4v) is 4.40. The Morgan fingerprint density at radius 1 is 1.65 bits per heavy atom.